The minimum Gasteiger partial charge on any atom is -0.309 e. The van der Waals surface area contributed by atoms with Gasteiger partial charge in [0.25, 0.3) is 0 Å². The molecule has 1 N–H and O–H groups in total. The summed E-state index contributed by atoms with van der Waals surface area (Å²) in [6.07, 6.45) is 0. The van der Waals surface area contributed by atoms with Gasteiger partial charge in [-0.25, -0.2) is 13.2 Å². The van der Waals surface area contributed by atoms with Crippen molar-refractivity contribution in [2.45, 2.75) is 6.04 Å². The maximum atomic E-state index is 14.1. The van der Waals surface area contributed by atoms with Crippen LogP contribution in [0, 0.1) is 17.5 Å². The molecule has 2 aromatic rings. The monoisotopic (exact) mass is 329 g/mol. The third-order valence-electron chi connectivity index (χ3n) is 2.84. The Labute approximate surface area is 117 Å². The lowest BCUT2D eigenvalue weighted by Crippen LogP contribution is -2.20. The zero-order valence-corrected chi connectivity index (χ0v) is 11.6. The first-order valence-electron chi connectivity index (χ1n) is 5.60. The fourth-order valence-corrected chi connectivity index (χ4v) is 2.32. The molecule has 0 saturated carbocycles. The van der Waals surface area contributed by atoms with Gasteiger partial charge in [-0.1, -0.05) is 12.1 Å². The summed E-state index contributed by atoms with van der Waals surface area (Å²) in [5.41, 5.74) is 0.320. The van der Waals surface area contributed by atoms with Crippen LogP contribution in [0.2, 0.25) is 0 Å². The molecule has 1 nitrogen and oxygen atoms in total. The van der Waals surface area contributed by atoms with Crippen molar-refractivity contribution in [3.8, 4) is 0 Å². The lowest BCUT2D eigenvalue weighted by atomic mass is 9.98. The predicted molar refractivity (Wildman–Crippen MR) is 71.4 cm³/mol. The van der Waals surface area contributed by atoms with Crippen molar-refractivity contribution in [2.24, 2.45) is 0 Å². The predicted octanol–water partition coefficient (Wildman–Crippen LogP) is 4.18. The first-order chi connectivity index (χ1) is 9.04. The fraction of sp³-hybridized carbons (Fsp3) is 0.143. The van der Waals surface area contributed by atoms with Crippen LogP contribution in [0.3, 0.4) is 0 Å². The van der Waals surface area contributed by atoms with Crippen LogP contribution in [-0.2, 0) is 0 Å². The van der Waals surface area contributed by atoms with Crippen molar-refractivity contribution in [2.75, 3.05) is 7.05 Å². The lowest BCUT2D eigenvalue weighted by molar-refractivity contribution is 0.517. The van der Waals surface area contributed by atoms with Gasteiger partial charge in [-0.15, -0.1) is 0 Å². The van der Waals surface area contributed by atoms with Crippen LogP contribution in [0.15, 0.2) is 40.9 Å². The number of hydrogen-bond acceptors (Lipinski definition) is 1. The van der Waals surface area contributed by atoms with Crippen molar-refractivity contribution in [3.63, 3.8) is 0 Å². The summed E-state index contributed by atoms with van der Waals surface area (Å²) in [5, 5.41) is 2.80. The van der Waals surface area contributed by atoms with E-state index in [9.17, 15) is 13.2 Å². The molecule has 0 bridgehead atoms. The summed E-state index contributed by atoms with van der Waals surface area (Å²) in [6, 6.07) is 7.36. The van der Waals surface area contributed by atoms with Gasteiger partial charge in [-0.3, -0.25) is 0 Å². The largest absolute Gasteiger partial charge is 0.309 e. The molecule has 5 heteroatoms. The molecule has 0 spiro atoms. The van der Waals surface area contributed by atoms with Crippen LogP contribution in [0.1, 0.15) is 17.2 Å². The van der Waals surface area contributed by atoms with Gasteiger partial charge in [0.05, 0.1) is 10.5 Å². The first kappa shape index (κ1) is 14.1. The summed E-state index contributed by atoms with van der Waals surface area (Å²) in [4.78, 5) is 0. The van der Waals surface area contributed by atoms with Crippen LogP contribution in [-0.4, -0.2) is 7.05 Å². The highest BCUT2D eigenvalue weighted by molar-refractivity contribution is 9.10. The molecule has 0 fully saturated rings. The Kier molecular flexibility index (Phi) is 4.27. The summed E-state index contributed by atoms with van der Waals surface area (Å²) >= 11 is 3.02. The lowest BCUT2D eigenvalue weighted by Gasteiger charge is -2.19. The zero-order chi connectivity index (χ0) is 14.0. The quantitative estimate of drug-likeness (QED) is 0.833. The van der Waals surface area contributed by atoms with Gasteiger partial charge in [0, 0.05) is 5.56 Å². The summed E-state index contributed by atoms with van der Waals surface area (Å²) in [7, 11) is 1.56. The summed E-state index contributed by atoms with van der Waals surface area (Å²) in [6.45, 7) is 0. The highest BCUT2D eigenvalue weighted by atomic mass is 79.9. The molecule has 0 radical (unpaired) electrons. The number of halogens is 4. The molecule has 2 aromatic carbocycles. The van der Waals surface area contributed by atoms with E-state index in [-0.39, 0.29) is 10.0 Å². The normalized spacial score (nSPS) is 12.5. The molecule has 0 aliphatic carbocycles. The molecule has 0 heterocycles. The van der Waals surface area contributed by atoms with Crippen molar-refractivity contribution in [1.82, 2.24) is 5.32 Å². The maximum Gasteiger partial charge on any atom is 0.145 e. The molecule has 2 rings (SSSR count). The van der Waals surface area contributed by atoms with Gasteiger partial charge in [0.2, 0.25) is 0 Å². The Balaban J connectivity index is 2.57. The number of rotatable bonds is 3. The van der Waals surface area contributed by atoms with Crippen molar-refractivity contribution >= 4 is 15.9 Å². The Bertz CT molecular complexity index is 601. The molecule has 0 aromatic heterocycles. The molecule has 1 unspecified atom stereocenters. The van der Waals surface area contributed by atoms with Gasteiger partial charge in [-0.05, 0) is 52.8 Å². The maximum absolute atomic E-state index is 14.1. The average Bonchev–Trinajstić information content (AvgIpc) is 2.39. The highest BCUT2D eigenvalue weighted by Gasteiger charge is 2.22. The first-order valence-corrected chi connectivity index (χ1v) is 6.40. The van der Waals surface area contributed by atoms with Gasteiger partial charge in [0.1, 0.15) is 17.5 Å². The minimum absolute atomic E-state index is 0.137. The van der Waals surface area contributed by atoms with Crippen LogP contribution in [0.5, 0.6) is 0 Å². The standard InChI is InChI=1S/C14H11BrF3N/c1-19-14(8-3-2-4-9(16)7-8)12-11(17)6-5-10(15)13(12)18/h2-7,14,19H,1H3. The molecular formula is C14H11BrF3N. The smallest absolute Gasteiger partial charge is 0.145 e. The third kappa shape index (κ3) is 2.82. The average molecular weight is 330 g/mol. The molecule has 0 amide bonds. The Hall–Kier alpha value is -1.33. The molecule has 1 atom stereocenters. The number of benzene rings is 2. The van der Waals surface area contributed by atoms with E-state index in [1.54, 1.807) is 13.1 Å². The third-order valence-corrected chi connectivity index (χ3v) is 3.45. The van der Waals surface area contributed by atoms with Gasteiger partial charge in [-0.2, -0.15) is 0 Å². The Morgan fingerprint density at radius 3 is 2.47 bits per heavy atom. The van der Waals surface area contributed by atoms with E-state index >= 15 is 0 Å². The Morgan fingerprint density at radius 2 is 1.84 bits per heavy atom. The second-order valence-corrected chi connectivity index (χ2v) is 4.89. The van der Waals surface area contributed by atoms with Crippen LogP contribution < -0.4 is 5.32 Å². The topological polar surface area (TPSA) is 12.0 Å². The highest BCUT2D eigenvalue weighted by Crippen LogP contribution is 2.30. The van der Waals surface area contributed by atoms with Crippen LogP contribution in [0.25, 0.3) is 0 Å². The van der Waals surface area contributed by atoms with Crippen molar-refractivity contribution in [1.29, 1.82) is 0 Å². The molecule has 0 saturated heterocycles. The van der Waals surface area contributed by atoms with E-state index in [4.69, 9.17) is 0 Å². The zero-order valence-electron chi connectivity index (χ0n) is 10.1. The molecule has 0 aliphatic rings. The van der Waals surface area contributed by atoms with E-state index in [0.717, 1.165) is 0 Å². The van der Waals surface area contributed by atoms with Crippen molar-refractivity contribution < 1.29 is 13.2 Å². The fourth-order valence-electron chi connectivity index (χ4n) is 1.97. The summed E-state index contributed by atoms with van der Waals surface area (Å²) in [5.74, 6) is -1.82. The van der Waals surface area contributed by atoms with Gasteiger partial charge < -0.3 is 5.32 Å². The molecule has 0 aliphatic heterocycles. The van der Waals surface area contributed by atoms with E-state index in [1.165, 1.54) is 30.3 Å². The SMILES string of the molecule is CNC(c1cccc(F)c1)c1c(F)ccc(Br)c1F. The van der Waals surface area contributed by atoms with Crippen LogP contribution >= 0.6 is 15.9 Å². The van der Waals surface area contributed by atoms with E-state index in [2.05, 4.69) is 21.2 Å². The molecule has 100 valence electrons. The number of nitrogens with one attached hydrogen (secondary N) is 1. The second-order valence-electron chi connectivity index (χ2n) is 4.03. The van der Waals surface area contributed by atoms with E-state index < -0.39 is 23.5 Å². The van der Waals surface area contributed by atoms with E-state index in [1.807, 2.05) is 0 Å². The minimum atomic E-state index is -0.756. The van der Waals surface area contributed by atoms with Crippen LogP contribution in [0.4, 0.5) is 13.2 Å². The molecular weight excluding hydrogens is 319 g/mol. The van der Waals surface area contributed by atoms with E-state index in [0.29, 0.717) is 5.56 Å². The number of hydrogen-bond donors (Lipinski definition) is 1. The molecule has 19 heavy (non-hydrogen) atoms. The van der Waals surface area contributed by atoms with Crippen molar-refractivity contribution in [3.05, 3.63) is 69.4 Å². The van der Waals surface area contributed by atoms with Gasteiger partial charge in [0.15, 0.2) is 0 Å². The Morgan fingerprint density at radius 1 is 1.11 bits per heavy atom. The van der Waals surface area contributed by atoms with Gasteiger partial charge >= 0.3 is 0 Å². The summed E-state index contributed by atoms with van der Waals surface area (Å²) < 4.78 is 41.3. The second kappa shape index (κ2) is 5.75.